The van der Waals surface area contributed by atoms with Crippen LogP contribution in [-0.2, 0) is 0 Å². The van der Waals surface area contributed by atoms with Crippen LogP contribution in [0.2, 0.25) is 0 Å². The number of hydrogen-bond donors (Lipinski definition) is 3. The second kappa shape index (κ2) is 8.88. The first-order chi connectivity index (χ1) is 6.21. The van der Waals surface area contributed by atoms with E-state index in [-0.39, 0.29) is 6.42 Å². The molecular weight excluding hydrogens is 127 g/mol. The van der Waals surface area contributed by atoms with E-state index in [9.17, 15) is 0 Å². The van der Waals surface area contributed by atoms with Gasteiger partial charge >= 0.3 is 0 Å². The predicted octanol–water partition coefficient (Wildman–Crippen LogP) is -0.336. The van der Waals surface area contributed by atoms with E-state index < -0.39 is 13.0 Å². The lowest BCUT2D eigenvalue weighted by molar-refractivity contribution is 0.611. The molecule has 5 N–H and O–H groups in total. The van der Waals surface area contributed by atoms with Crippen LogP contribution in [0.5, 0.6) is 0 Å². The Morgan fingerprint density at radius 2 is 1.60 bits per heavy atom. The second-order valence-corrected chi connectivity index (χ2v) is 2.01. The van der Waals surface area contributed by atoms with Crippen LogP contribution in [0.15, 0.2) is 0 Å². The lowest BCUT2D eigenvalue weighted by atomic mass is 10.3. The molecule has 0 aliphatic heterocycles. The Balaban J connectivity index is 3.23. The summed E-state index contributed by atoms with van der Waals surface area (Å²) in [5.74, 6) is 0. The fraction of sp³-hybridized carbons (Fsp3) is 1.00. The van der Waals surface area contributed by atoms with Crippen LogP contribution in [0.3, 0.4) is 0 Å². The molecule has 0 rings (SSSR count). The SMILES string of the molecule is [2H]C([2H])(N)CCCN[13CH2]CC([2H])([2H])N. The van der Waals surface area contributed by atoms with Crippen molar-refractivity contribution in [2.45, 2.75) is 19.3 Å². The molecule has 0 aliphatic rings. The van der Waals surface area contributed by atoms with Crippen LogP contribution >= 0.6 is 0 Å². The molecule has 0 spiro atoms. The van der Waals surface area contributed by atoms with E-state index in [1.54, 1.807) is 0 Å². The minimum Gasteiger partial charge on any atom is -0.330 e. The monoisotopic (exact) mass is 150 g/mol. The fourth-order valence-electron chi connectivity index (χ4n) is 0.601. The van der Waals surface area contributed by atoms with Gasteiger partial charge in [0.1, 0.15) is 0 Å². The minimum atomic E-state index is -1.63. The standard InChI is InChI=1S/C7H19N3/c8-4-1-2-6-10-7-3-5-9/h10H,1-9H2/i4D2,5D2,7+1. The molecule has 0 heterocycles. The van der Waals surface area contributed by atoms with Crippen LogP contribution in [0, 0.1) is 0 Å². The van der Waals surface area contributed by atoms with Gasteiger partial charge in [-0.2, -0.15) is 0 Å². The summed E-state index contributed by atoms with van der Waals surface area (Å²) in [5, 5.41) is 2.97. The fourth-order valence-corrected chi connectivity index (χ4v) is 0.601. The van der Waals surface area contributed by atoms with Gasteiger partial charge in [0.2, 0.25) is 0 Å². The molecule has 0 saturated heterocycles. The van der Waals surface area contributed by atoms with Crippen molar-refractivity contribution in [1.29, 1.82) is 0 Å². The molecule has 0 saturated carbocycles. The Labute approximate surface area is 68.8 Å². The van der Waals surface area contributed by atoms with Crippen molar-refractivity contribution in [1.82, 2.24) is 5.32 Å². The van der Waals surface area contributed by atoms with Gasteiger partial charge in [-0.3, -0.25) is 0 Å². The highest BCUT2D eigenvalue weighted by atomic mass is 15.0. The van der Waals surface area contributed by atoms with Crippen LogP contribution < -0.4 is 16.8 Å². The zero-order valence-corrected chi connectivity index (χ0v) is 6.19. The summed E-state index contributed by atoms with van der Waals surface area (Å²) in [6.45, 7) is -2.11. The van der Waals surface area contributed by atoms with E-state index >= 15 is 0 Å². The Hall–Kier alpha value is -0.120. The molecule has 0 aromatic heterocycles. The van der Waals surface area contributed by atoms with E-state index in [0.717, 1.165) is 0 Å². The van der Waals surface area contributed by atoms with Crippen LogP contribution in [0.1, 0.15) is 24.7 Å². The number of hydrogen-bond acceptors (Lipinski definition) is 3. The molecular formula is C7H19N3. The lowest BCUT2D eigenvalue weighted by Crippen LogP contribution is -2.19. The van der Waals surface area contributed by atoms with Crippen molar-refractivity contribution in [2.75, 3.05) is 26.1 Å². The molecule has 10 heavy (non-hydrogen) atoms. The predicted molar refractivity (Wildman–Crippen MR) is 44.8 cm³/mol. The minimum absolute atomic E-state index is 0.252. The van der Waals surface area contributed by atoms with Gasteiger partial charge in [0, 0.05) is 5.48 Å². The van der Waals surface area contributed by atoms with Crippen LogP contribution in [0.4, 0.5) is 0 Å². The molecule has 0 aromatic carbocycles. The van der Waals surface area contributed by atoms with E-state index in [0.29, 0.717) is 25.9 Å². The summed E-state index contributed by atoms with van der Waals surface area (Å²) in [6, 6.07) is 0. The van der Waals surface area contributed by atoms with E-state index in [1.165, 1.54) is 0 Å². The molecule has 3 heteroatoms. The zero-order chi connectivity index (χ0) is 11.2. The molecule has 0 amide bonds. The third-order valence-corrected chi connectivity index (χ3v) is 1.12. The van der Waals surface area contributed by atoms with Crippen molar-refractivity contribution >= 4 is 0 Å². The molecule has 62 valence electrons. The molecule has 0 aliphatic carbocycles. The van der Waals surface area contributed by atoms with E-state index in [4.69, 9.17) is 17.0 Å². The van der Waals surface area contributed by atoms with Gasteiger partial charge in [-0.25, -0.2) is 0 Å². The summed E-state index contributed by atoms with van der Waals surface area (Å²) in [7, 11) is 0. The largest absolute Gasteiger partial charge is 0.330 e. The van der Waals surface area contributed by atoms with Gasteiger partial charge in [0.25, 0.3) is 0 Å². The summed E-state index contributed by atoms with van der Waals surface area (Å²) >= 11 is 0. The van der Waals surface area contributed by atoms with Crippen molar-refractivity contribution in [3.05, 3.63) is 0 Å². The maximum atomic E-state index is 7.05. The molecule has 0 unspecified atom stereocenters. The van der Waals surface area contributed by atoms with Crippen LogP contribution in [-0.4, -0.2) is 26.1 Å². The van der Waals surface area contributed by atoms with Crippen molar-refractivity contribution in [3.63, 3.8) is 0 Å². The second-order valence-electron chi connectivity index (χ2n) is 2.01. The average molecular weight is 150 g/mol. The van der Waals surface area contributed by atoms with Gasteiger partial charge in [-0.05, 0) is 45.3 Å². The molecule has 0 radical (unpaired) electrons. The summed E-state index contributed by atoms with van der Waals surface area (Å²) in [5.41, 5.74) is 10.3. The normalized spacial score (nSPS) is 19.0. The van der Waals surface area contributed by atoms with Crippen LogP contribution in [0.25, 0.3) is 0 Å². The Morgan fingerprint density at radius 3 is 2.20 bits per heavy atom. The smallest absolute Gasteiger partial charge is 0.0426 e. The maximum Gasteiger partial charge on any atom is 0.0426 e. The number of nitrogens with two attached hydrogens (primary N) is 2. The van der Waals surface area contributed by atoms with Crippen molar-refractivity contribution < 1.29 is 5.48 Å². The highest BCUT2D eigenvalue weighted by Crippen LogP contribution is 1.81. The van der Waals surface area contributed by atoms with Gasteiger partial charge in [0.15, 0.2) is 0 Å². The van der Waals surface area contributed by atoms with E-state index in [1.807, 2.05) is 0 Å². The summed E-state index contributed by atoms with van der Waals surface area (Å²) < 4.78 is 28.2. The Morgan fingerprint density at radius 1 is 1.00 bits per heavy atom. The molecule has 0 aromatic rings. The number of nitrogens with one attached hydrogen (secondary N) is 1. The molecule has 3 nitrogen and oxygen atoms in total. The van der Waals surface area contributed by atoms with Gasteiger partial charge in [-0.1, -0.05) is 0 Å². The third kappa shape index (κ3) is 7.88. The van der Waals surface area contributed by atoms with E-state index in [2.05, 4.69) is 5.32 Å². The first-order valence-corrected chi connectivity index (χ1v) is 3.49. The van der Waals surface area contributed by atoms with Crippen molar-refractivity contribution in [2.24, 2.45) is 11.5 Å². The first kappa shape index (κ1) is 4.70. The van der Waals surface area contributed by atoms with Gasteiger partial charge < -0.3 is 16.8 Å². The van der Waals surface area contributed by atoms with Crippen molar-refractivity contribution in [3.8, 4) is 0 Å². The first-order valence-electron chi connectivity index (χ1n) is 5.49. The zero-order valence-electron chi connectivity index (χ0n) is 10.2. The highest BCUT2D eigenvalue weighted by molar-refractivity contribution is 4.49. The summed E-state index contributed by atoms with van der Waals surface area (Å²) in [4.78, 5) is 0. The lowest BCUT2D eigenvalue weighted by Gasteiger charge is -2.01. The topological polar surface area (TPSA) is 64.1 Å². The molecule has 0 fully saturated rings. The van der Waals surface area contributed by atoms with Gasteiger partial charge in [0.05, 0.1) is 0 Å². The Kier molecular flexibility index (Phi) is 4.17. The van der Waals surface area contributed by atoms with Gasteiger partial charge in [-0.15, -0.1) is 0 Å². The third-order valence-electron chi connectivity index (χ3n) is 1.12. The molecule has 0 atom stereocenters. The molecule has 0 bridgehead atoms. The summed E-state index contributed by atoms with van der Waals surface area (Å²) in [6.07, 6.45) is 1.19. The number of rotatable bonds is 7. The maximum absolute atomic E-state index is 7.05. The highest BCUT2D eigenvalue weighted by Gasteiger charge is 1.85. The Bertz CT molecular complexity index is 134. The quantitative estimate of drug-likeness (QED) is 0.344. The average Bonchev–Trinajstić information content (AvgIpc) is 1.92.